The van der Waals surface area contributed by atoms with Gasteiger partial charge in [-0.3, -0.25) is 0 Å². The van der Waals surface area contributed by atoms with E-state index < -0.39 is 39.5 Å². The highest BCUT2D eigenvalue weighted by atomic mass is 32.2. The summed E-state index contributed by atoms with van der Waals surface area (Å²) in [4.78, 5) is 3.91. The Kier molecular flexibility index (Phi) is 5.72. The maximum Gasteiger partial charge on any atom is 0.418 e. The molecular formula is C21H20F4N4O2S. The number of anilines is 1. The molecule has 11 heteroatoms. The molecule has 0 saturated carbocycles. The lowest BCUT2D eigenvalue weighted by Gasteiger charge is -2.23. The number of aryl methyl sites for hydroxylation is 1. The molecule has 1 fully saturated rings. The second kappa shape index (κ2) is 8.21. The molecule has 0 radical (unpaired) electrons. The topological polar surface area (TPSA) is 67.2 Å². The summed E-state index contributed by atoms with van der Waals surface area (Å²) >= 11 is 0. The van der Waals surface area contributed by atoms with E-state index in [0.29, 0.717) is 5.56 Å². The average molecular weight is 468 g/mol. The predicted molar refractivity (Wildman–Crippen MR) is 110 cm³/mol. The van der Waals surface area contributed by atoms with Gasteiger partial charge in [0.25, 0.3) is 10.0 Å². The van der Waals surface area contributed by atoms with Gasteiger partial charge in [-0.2, -0.15) is 17.5 Å². The van der Waals surface area contributed by atoms with Gasteiger partial charge in [0.05, 0.1) is 11.9 Å². The number of hydrogen-bond acceptors (Lipinski definition) is 4. The number of sulfonamides is 1. The van der Waals surface area contributed by atoms with Crippen molar-refractivity contribution in [2.24, 2.45) is 7.05 Å². The smallest absolute Gasteiger partial charge is 0.380 e. The molecule has 2 atom stereocenters. The third-order valence-corrected chi connectivity index (χ3v) is 7.16. The third-order valence-electron chi connectivity index (χ3n) is 5.44. The van der Waals surface area contributed by atoms with Crippen molar-refractivity contribution in [1.82, 2.24) is 13.9 Å². The predicted octanol–water partition coefficient (Wildman–Crippen LogP) is 3.85. The number of halogens is 4. The molecule has 170 valence electrons. The van der Waals surface area contributed by atoms with Crippen molar-refractivity contribution in [3.05, 3.63) is 78.0 Å². The van der Waals surface area contributed by atoms with Gasteiger partial charge in [-0.1, -0.05) is 24.3 Å². The number of alkyl halides is 3. The van der Waals surface area contributed by atoms with Crippen LogP contribution in [0.5, 0.6) is 0 Å². The van der Waals surface area contributed by atoms with Crippen LogP contribution >= 0.6 is 0 Å². The molecule has 0 spiro atoms. The molecule has 0 amide bonds. The molecule has 0 unspecified atom stereocenters. The Morgan fingerprint density at radius 3 is 2.38 bits per heavy atom. The van der Waals surface area contributed by atoms with Crippen molar-refractivity contribution in [2.45, 2.75) is 23.2 Å². The Bertz CT molecular complexity index is 1210. The molecule has 1 saturated heterocycles. The van der Waals surface area contributed by atoms with Crippen molar-refractivity contribution in [2.75, 3.05) is 18.4 Å². The molecule has 1 aliphatic heterocycles. The fraction of sp³-hybridized carbons (Fsp3) is 0.286. The van der Waals surface area contributed by atoms with E-state index in [-0.39, 0.29) is 23.8 Å². The SMILES string of the molecule is Cn1cnc(S(=O)(=O)N2C[C@@H](Nc3ccccc3C(F)(F)F)[C@H](c3ccc(F)cc3)C2)c1. The van der Waals surface area contributed by atoms with E-state index in [1.165, 1.54) is 63.9 Å². The molecule has 1 aromatic heterocycles. The molecule has 1 N–H and O–H groups in total. The number of aromatic nitrogens is 2. The highest BCUT2D eigenvalue weighted by molar-refractivity contribution is 7.89. The van der Waals surface area contributed by atoms with E-state index in [1.807, 2.05) is 0 Å². The van der Waals surface area contributed by atoms with E-state index in [4.69, 9.17) is 0 Å². The number of hydrogen-bond donors (Lipinski definition) is 1. The first-order chi connectivity index (χ1) is 15.1. The molecule has 2 heterocycles. The number of nitrogens with zero attached hydrogens (tertiary/aromatic N) is 3. The van der Waals surface area contributed by atoms with Gasteiger partial charge in [-0.15, -0.1) is 0 Å². The normalized spacial score (nSPS) is 19.9. The molecule has 4 rings (SSSR count). The van der Waals surface area contributed by atoms with Crippen LogP contribution in [0.15, 0.2) is 66.1 Å². The molecule has 6 nitrogen and oxygen atoms in total. The molecule has 32 heavy (non-hydrogen) atoms. The highest BCUT2D eigenvalue weighted by Crippen LogP contribution is 2.38. The fourth-order valence-corrected chi connectivity index (χ4v) is 5.33. The monoisotopic (exact) mass is 468 g/mol. The lowest BCUT2D eigenvalue weighted by molar-refractivity contribution is -0.137. The average Bonchev–Trinajstić information content (AvgIpc) is 3.36. The summed E-state index contributed by atoms with van der Waals surface area (Å²) in [7, 11) is -2.33. The van der Waals surface area contributed by atoms with Crippen LogP contribution in [0.2, 0.25) is 0 Å². The van der Waals surface area contributed by atoms with E-state index in [1.54, 1.807) is 7.05 Å². The van der Waals surface area contributed by atoms with Gasteiger partial charge in [0.2, 0.25) is 0 Å². The highest BCUT2D eigenvalue weighted by Gasteiger charge is 2.42. The van der Waals surface area contributed by atoms with Gasteiger partial charge in [0, 0.05) is 44.0 Å². The van der Waals surface area contributed by atoms with Crippen molar-refractivity contribution in [1.29, 1.82) is 0 Å². The number of rotatable bonds is 5. The van der Waals surface area contributed by atoms with E-state index in [0.717, 1.165) is 6.07 Å². The van der Waals surface area contributed by atoms with Crippen LogP contribution in [0.1, 0.15) is 17.0 Å². The van der Waals surface area contributed by atoms with Crippen molar-refractivity contribution in [3.63, 3.8) is 0 Å². The lowest BCUT2D eigenvalue weighted by atomic mass is 9.94. The number of para-hydroxylation sites is 1. The first kappa shape index (κ1) is 22.3. The van der Waals surface area contributed by atoms with E-state index >= 15 is 0 Å². The van der Waals surface area contributed by atoms with Crippen molar-refractivity contribution in [3.8, 4) is 0 Å². The Morgan fingerprint density at radius 2 is 1.75 bits per heavy atom. The first-order valence-electron chi connectivity index (χ1n) is 9.72. The third kappa shape index (κ3) is 4.35. The van der Waals surface area contributed by atoms with Gasteiger partial charge in [-0.05, 0) is 29.8 Å². The van der Waals surface area contributed by atoms with Crippen molar-refractivity contribution >= 4 is 15.7 Å². The Hall–Kier alpha value is -2.92. The van der Waals surface area contributed by atoms with Crippen LogP contribution in [-0.2, 0) is 23.2 Å². The van der Waals surface area contributed by atoms with E-state index in [2.05, 4.69) is 10.3 Å². The quantitative estimate of drug-likeness (QED) is 0.578. The molecule has 0 bridgehead atoms. The molecular weight excluding hydrogens is 448 g/mol. The molecule has 0 aliphatic carbocycles. The minimum absolute atomic E-state index is 0.0103. The summed E-state index contributed by atoms with van der Waals surface area (Å²) in [6.45, 7) is -0.0659. The van der Waals surface area contributed by atoms with Crippen LogP contribution in [0.25, 0.3) is 0 Å². The molecule has 1 aliphatic rings. The number of nitrogens with one attached hydrogen (secondary N) is 1. The summed E-state index contributed by atoms with van der Waals surface area (Å²) in [6, 6.07) is 9.87. The Balaban J connectivity index is 1.70. The zero-order valence-corrected chi connectivity index (χ0v) is 17.7. The summed E-state index contributed by atoms with van der Waals surface area (Å²) in [5, 5.41) is 2.75. The summed E-state index contributed by atoms with van der Waals surface area (Å²) in [6.07, 6.45) is -1.86. The minimum atomic E-state index is -4.58. The largest absolute Gasteiger partial charge is 0.418 e. The fourth-order valence-electron chi connectivity index (χ4n) is 3.87. The second-order valence-electron chi connectivity index (χ2n) is 7.65. The second-order valence-corrected chi connectivity index (χ2v) is 9.54. The number of imidazole rings is 1. The summed E-state index contributed by atoms with van der Waals surface area (Å²) < 4.78 is 82.7. The van der Waals surface area contributed by atoms with Crippen molar-refractivity contribution < 1.29 is 26.0 Å². The van der Waals surface area contributed by atoms with Gasteiger partial charge in [0.1, 0.15) is 5.82 Å². The van der Waals surface area contributed by atoms with Crippen LogP contribution in [0, 0.1) is 5.82 Å². The molecule has 2 aromatic carbocycles. The van der Waals surface area contributed by atoms with Crippen LogP contribution < -0.4 is 5.32 Å². The van der Waals surface area contributed by atoms with Crippen LogP contribution in [0.4, 0.5) is 23.2 Å². The molecule has 3 aromatic rings. The maximum atomic E-state index is 13.5. The zero-order valence-electron chi connectivity index (χ0n) is 16.9. The minimum Gasteiger partial charge on any atom is -0.380 e. The standard InChI is InChI=1S/C21H20F4N4O2S/c1-28-12-20(26-13-28)32(30,31)29-10-16(14-6-8-15(22)9-7-14)19(11-29)27-18-5-3-2-4-17(18)21(23,24)25/h2-9,12-13,16,19,27H,10-11H2,1H3/t16-,19+/m0/s1. The summed E-state index contributed by atoms with van der Waals surface area (Å²) in [5.74, 6) is -0.966. The lowest BCUT2D eigenvalue weighted by Crippen LogP contribution is -2.32. The van der Waals surface area contributed by atoms with Crippen LogP contribution in [-0.4, -0.2) is 41.4 Å². The zero-order chi connectivity index (χ0) is 23.1. The maximum absolute atomic E-state index is 13.5. The van der Waals surface area contributed by atoms with Gasteiger partial charge >= 0.3 is 6.18 Å². The van der Waals surface area contributed by atoms with Gasteiger partial charge < -0.3 is 9.88 Å². The van der Waals surface area contributed by atoms with E-state index in [9.17, 15) is 26.0 Å². The Labute approximate surface area is 182 Å². The number of benzene rings is 2. The van der Waals surface area contributed by atoms with Crippen LogP contribution in [0.3, 0.4) is 0 Å². The van der Waals surface area contributed by atoms with Gasteiger partial charge in [-0.25, -0.2) is 17.8 Å². The summed E-state index contributed by atoms with van der Waals surface area (Å²) in [5.41, 5.74) is -0.370. The first-order valence-corrected chi connectivity index (χ1v) is 11.2. The Morgan fingerprint density at radius 1 is 1.06 bits per heavy atom. The van der Waals surface area contributed by atoms with Gasteiger partial charge in [0.15, 0.2) is 5.03 Å².